The lowest BCUT2D eigenvalue weighted by Crippen LogP contribution is -1.98. The Morgan fingerprint density at radius 3 is 2.25 bits per heavy atom. The van der Waals surface area contributed by atoms with Gasteiger partial charge < -0.3 is 9.88 Å². The summed E-state index contributed by atoms with van der Waals surface area (Å²) in [5.41, 5.74) is 5.29. The van der Waals surface area contributed by atoms with Crippen LogP contribution in [0, 0.1) is 0 Å². The fraction of sp³-hybridized carbons (Fsp3) is 0. The highest BCUT2D eigenvalue weighted by Crippen LogP contribution is 2.41. The van der Waals surface area contributed by atoms with Crippen molar-refractivity contribution in [3.63, 3.8) is 0 Å². The van der Waals surface area contributed by atoms with Gasteiger partial charge in [-0.3, -0.25) is 0 Å². The summed E-state index contributed by atoms with van der Waals surface area (Å²) in [7, 11) is 0. The molecule has 28 heavy (non-hydrogen) atoms. The van der Waals surface area contributed by atoms with Gasteiger partial charge in [-0.05, 0) is 42.5 Å². The van der Waals surface area contributed by atoms with E-state index in [1.165, 1.54) is 10.8 Å². The van der Waals surface area contributed by atoms with Gasteiger partial charge in [-0.25, -0.2) is 0 Å². The largest absolute Gasteiger partial charge is 0.353 e. The smallest absolute Gasteiger partial charge is 0.0788 e. The molecule has 2 nitrogen and oxygen atoms in total. The molecule has 136 valence electrons. The van der Waals surface area contributed by atoms with Crippen LogP contribution in [0.5, 0.6) is 0 Å². The molecule has 0 spiro atoms. The maximum absolute atomic E-state index is 6.41. The van der Waals surface area contributed by atoms with Crippen molar-refractivity contribution >= 4 is 60.7 Å². The number of hydrogen-bond donors (Lipinski definition) is 1. The van der Waals surface area contributed by atoms with E-state index in [0.717, 1.165) is 32.6 Å². The van der Waals surface area contributed by atoms with Crippen LogP contribution in [0.2, 0.25) is 5.02 Å². The maximum atomic E-state index is 6.41. The van der Waals surface area contributed by atoms with E-state index >= 15 is 0 Å². The van der Waals surface area contributed by atoms with Crippen LogP contribution in [0.15, 0.2) is 95.5 Å². The third-order valence-corrected chi connectivity index (χ3v) is 5.91. The zero-order valence-corrected chi connectivity index (χ0v) is 17.2. The van der Waals surface area contributed by atoms with E-state index in [1.54, 1.807) is 0 Å². The highest BCUT2D eigenvalue weighted by atomic mass is 79.9. The van der Waals surface area contributed by atoms with Gasteiger partial charge in [0.15, 0.2) is 0 Å². The highest BCUT2D eigenvalue weighted by Gasteiger charge is 2.18. The molecular weight excluding hydrogens is 432 g/mol. The van der Waals surface area contributed by atoms with Gasteiger partial charge in [-0.2, -0.15) is 0 Å². The topological polar surface area (TPSA) is 17.0 Å². The molecule has 5 rings (SSSR count). The van der Waals surface area contributed by atoms with Crippen LogP contribution in [-0.2, 0) is 0 Å². The summed E-state index contributed by atoms with van der Waals surface area (Å²) >= 11 is 10.2. The summed E-state index contributed by atoms with van der Waals surface area (Å²) in [4.78, 5) is 0. The van der Waals surface area contributed by atoms with Gasteiger partial charge in [0.2, 0.25) is 0 Å². The molecule has 0 unspecified atom stereocenters. The van der Waals surface area contributed by atoms with Crippen LogP contribution in [0.25, 0.3) is 27.5 Å². The second kappa shape index (κ2) is 7.01. The van der Waals surface area contributed by atoms with Gasteiger partial charge in [-0.15, -0.1) is 0 Å². The molecule has 0 radical (unpaired) electrons. The molecule has 1 heterocycles. The summed E-state index contributed by atoms with van der Waals surface area (Å²) < 4.78 is 3.37. The number of nitrogens with one attached hydrogen (secondary N) is 1. The van der Waals surface area contributed by atoms with E-state index in [-0.39, 0.29) is 0 Å². The molecule has 0 saturated carbocycles. The van der Waals surface area contributed by atoms with E-state index in [1.807, 2.05) is 30.3 Å². The van der Waals surface area contributed by atoms with Crippen LogP contribution >= 0.6 is 27.5 Å². The number of para-hydroxylation sites is 3. The van der Waals surface area contributed by atoms with Gasteiger partial charge in [0.05, 0.1) is 27.4 Å². The van der Waals surface area contributed by atoms with Crippen LogP contribution in [0.3, 0.4) is 0 Å². The van der Waals surface area contributed by atoms with Crippen molar-refractivity contribution in [2.45, 2.75) is 0 Å². The minimum absolute atomic E-state index is 0.695. The Morgan fingerprint density at radius 1 is 0.714 bits per heavy atom. The second-order valence-electron chi connectivity index (χ2n) is 6.61. The number of rotatable bonds is 3. The van der Waals surface area contributed by atoms with Gasteiger partial charge in [0.1, 0.15) is 0 Å². The summed E-state index contributed by atoms with van der Waals surface area (Å²) in [5, 5.41) is 6.62. The molecule has 0 aliphatic heterocycles. The molecule has 0 atom stereocenters. The van der Waals surface area contributed by atoms with E-state index in [9.17, 15) is 0 Å². The molecule has 0 aliphatic rings. The number of benzene rings is 4. The number of aromatic nitrogens is 1. The van der Waals surface area contributed by atoms with E-state index in [4.69, 9.17) is 11.6 Å². The van der Waals surface area contributed by atoms with Crippen LogP contribution in [0.1, 0.15) is 0 Å². The minimum Gasteiger partial charge on any atom is -0.353 e. The molecule has 0 aliphatic carbocycles. The summed E-state index contributed by atoms with van der Waals surface area (Å²) in [5.74, 6) is 0. The fourth-order valence-electron chi connectivity index (χ4n) is 3.71. The van der Waals surface area contributed by atoms with Gasteiger partial charge in [0.25, 0.3) is 0 Å². The Bertz CT molecular complexity index is 1310. The predicted octanol–water partition coefficient (Wildman–Crippen LogP) is 7.94. The Morgan fingerprint density at radius 2 is 1.43 bits per heavy atom. The van der Waals surface area contributed by atoms with Crippen molar-refractivity contribution in [1.82, 2.24) is 4.57 Å². The van der Waals surface area contributed by atoms with Gasteiger partial charge in [-0.1, -0.05) is 76.1 Å². The first-order chi connectivity index (χ1) is 13.7. The van der Waals surface area contributed by atoms with Crippen molar-refractivity contribution in [2.24, 2.45) is 0 Å². The average molecular weight is 448 g/mol. The first kappa shape index (κ1) is 17.4. The van der Waals surface area contributed by atoms with Crippen LogP contribution < -0.4 is 5.32 Å². The fourth-order valence-corrected chi connectivity index (χ4v) is 4.43. The quantitative estimate of drug-likeness (QED) is 0.297. The summed E-state index contributed by atoms with van der Waals surface area (Å²) in [6.45, 7) is 0. The SMILES string of the molecule is Clc1ccccc1Nc1ccc(Br)c2c3ccccc3n(-c3ccccc3)c12. The number of halogens is 2. The molecule has 0 fully saturated rings. The predicted molar refractivity (Wildman–Crippen MR) is 123 cm³/mol. The molecule has 1 N–H and O–H groups in total. The van der Waals surface area contributed by atoms with Gasteiger partial charge in [0, 0.05) is 20.9 Å². The van der Waals surface area contributed by atoms with Crippen LogP contribution in [0.4, 0.5) is 11.4 Å². The summed E-state index contributed by atoms with van der Waals surface area (Å²) in [6, 6.07) is 30.9. The number of hydrogen-bond acceptors (Lipinski definition) is 1. The molecule has 4 aromatic carbocycles. The van der Waals surface area contributed by atoms with Gasteiger partial charge >= 0.3 is 0 Å². The first-order valence-electron chi connectivity index (χ1n) is 9.02. The number of anilines is 2. The Labute approximate surface area is 176 Å². The van der Waals surface area contributed by atoms with Crippen molar-refractivity contribution in [3.05, 3.63) is 100 Å². The first-order valence-corrected chi connectivity index (χ1v) is 10.2. The highest BCUT2D eigenvalue weighted by molar-refractivity contribution is 9.10. The monoisotopic (exact) mass is 446 g/mol. The molecular formula is C24H16BrClN2. The van der Waals surface area contributed by atoms with Crippen molar-refractivity contribution in [2.75, 3.05) is 5.32 Å². The molecule has 0 saturated heterocycles. The van der Waals surface area contributed by atoms with Crippen molar-refractivity contribution < 1.29 is 0 Å². The van der Waals surface area contributed by atoms with E-state index in [0.29, 0.717) is 5.02 Å². The maximum Gasteiger partial charge on any atom is 0.0788 e. The molecule has 0 amide bonds. The molecule has 5 aromatic rings. The Balaban J connectivity index is 1.88. The van der Waals surface area contributed by atoms with E-state index < -0.39 is 0 Å². The van der Waals surface area contributed by atoms with Crippen molar-refractivity contribution in [1.29, 1.82) is 0 Å². The number of fused-ring (bicyclic) bond motifs is 3. The second-order valence-corrected chi connectivity index (χ2v) is 7.87. The Hall–Kier alpha value is -2.75. The third kappa shape index (κ3) is 2.79. The van der Waals surface area contributed by atoms with Crippen LogP contribution in [-0.4, -0.2) is 4.57 Å². The zero-order valence-electron chi connectivity index (χ0n) is 14.9. The average Bonchev–Trinajstić information content (AvgIpc) is 3.08. The lowest BCUT2D eigenvalue weighted by molar-refractivity contribution is 1.18. The molecule has 0 bridgehead atoms. The third-order valence-electron chi connectivity index (χ3n) is 4.92. The lowest BCUT2D eigenvalue weighted by Gasteiger charge is -2.14. The lowest BCUT2D eigenvalue weighted by atomic mass is 10.1. The zero-order chi connectivity index (χ0) is 19.1. The van der Waals surface area contributed by atoms with Crippen molar-refractivity contribution in [3.8, 4) is 5.69 Å². The Kier molecular flexibility index (Phi) is 4.34. The normalized spacial score (nSPS) is 11.2. The molecule has 1 aromatic heterocycles. The number of nitrogens with zero attached hydrogens (tertiary/aromatic N) is 1. The standard InChI is InChI=1S/C24H16BrClN2/c25-18-14-15-21(27-20-12-6-5-11-19(20)26)24-23(18)17-10-4-7-13-22(17)28(24)16-8-2-1-3-9-16/h1-15,27H. The molecule has 4 heteroatoms. The minimum atomic E-state index is 0.695. The summed E-state index contributed by atoms with van der Waals surface area (Å²) in [6.07, 6.45) is 0. The van der Waals surface area contributed by atoms with E-state index in [2.05, 4.69) is 86.5 Å².